The summed E-state index contributed by atoms with van der Waals surface area (Å²) in [4.78, 5) is 23.5. The van der Waals surface area contributed by atoms with Crippen molar-refractivity contribution in [1.82, 2.24) is 10.2 Å². The molecule has 0 radical (unpaired) electrons. The van der Waals surface area contributed by atoms with Crippen LogP contribution in [0, 0.1) is 0 Å². The van der Waals surface area contributed by atoms with Crippen LogP contribution in [0.4, 0.5) is 11.4 Å². The van der Waals surface area contributed by atoms with Crippen molar-refractivity contribution in [2.24, 2.45) is 0 Å². The number of rotatable bonds is 5. The molecule has 1 aliphatic rings. The van der Waals surface area contributed by atoms with Gasteiger partial charge in [-0.2, -0.15) is 5.10 Å². The van der Waals surface area contributed by atoms with Gasteiger partial charge in [-0.1, -0.05) is 23.7 Å². The zero-order valence-electron chi connectivity index (χ0n) is 12.8. The van der Waals surface area contributed by atoms with E-state index in [2.05, 4.69) is 20.8 Å². The fourth-order valence-corrected chi connectivity index (χ4v) is 2.63. The molecule has 7 nitrogen and oxygen atoms in total. The van der Waals surface area contributed by atoms with Crippen LogP contribution in [0.25, 0.3) is 0 Å². The molecule has 0 saturated carbocycles. The summed E-state index contributed by atoms with van der Waals surface area (Å²) >= 11 is 5.92. The second-order valence-electron chi connectivity index (χ2n) is 5.47. The second kappa shape index (κ2) is 7.46. The third-order valence-corrected chi connectivity index (χ3v) is 4.07. The molecule has 0 bridgehead atoms. The number of halogens is 1. The molecule has 1 fully saturated rings. The largest absolute Gasteiger partial charge is 0.378 e. The number of hydrogen-bond donors (Lipinski definition) is 3. The summed E-state index contributed by atoms with van der Waals surface area (Å²) in [5, 5.41) is 11.9. The smallest absolute Gasteiger partial charge is 0.285 e. The van der Waals surface area contributed by atoms with E-state index in [9.17, 15) is 9.59 Å². The SMILES string of the molecule is O=C(Nc1cccc(CNc2cn[nH]c(=O)c2Cl)c1)C1CCCO1. The van der Waals surface area contributed by atoms with E-state index in [4.69, 9.17) is 16.3 Å². The highest BCUT2D eigenvalue weighted by molar-refractivity contribution is 6.32. The number of ether oxygens (including phenoxy) is 1. The Balaban J connectivity index is 1.63. The molecule has 0 spiro atoms. The normalized spacial score (nSPS) is 16.8. The van der Waals surface area contributed by atoms with Crippen molar-refractivity contribution >= 4 is 28.9 Å². The van der Waals surface area contributed by atoms with E-state index in [0.29, 0.717) is 24.5 Å². The molecule has 1 atom stereocenters. The van der Waals surface area contributed by atoms with Gasteiger partial charge in [-0.15, -0.1) is 0 Å². The van der Waals surface area contributed by atoms with Crippen LogP contribution < -0.4 is 16.2 Å². The Bertz CT molecular complexity index is 787. The van der Waals surface area contributed by atoms with Crippen molar-refractivity contribution in [2.45, 2.75) is 25.5 Å². The van der Waals surface area contributed by atoms with Crippen molar-refractivity contribution < 1.29 is 9.53 Å². The summed E-state index contributed by atoms with van der Waals surface area (Å²) in [6.45, 7) is 1.07. The van der Waals surface area contributed by atoms with Gasteiger partial charge in [0.1, 0.15) is 11.1 Å². The molecule has 3 rings (SSSR count). The fourth-order valence-electron chi connectivity index (χ4n) is 2.47. The summed E-state index contributed by atoms with van der Waals surface area (Å²) in [7, 11) is 0. The lowest BCUT2D eigenvalue weighted by Crippen LogP contribution is -2.26. The van der Waals surface area contributed by atoms with Gasteiger partial charge in [-0.3, -0.25) is 9.59 Å². The number of hydrogen-bond acceptors (Lipinski definition) is 5. The van der Waals surface area contributed by atoms with Crippen LogP contribution in [0.1, 0.15) is 18.4 Å². The molecule has 1 aromatic heterocycles. The van der Waals surface area contributed by atoms with Gasteiger partial charge in [0.25, 0.3) is 11.5 Å². The van der Waals surface area contributed by atoms with Gasteiger partial charge in [0.15, 0.2) is 0 Å². The highest BCUT2D eigenvalue weighted by Crippen LogP contribution is 2.18. The van der Waals surface area contributed by atoms with Gasteiger partial charge in [0, 0.05) is 18.8 Å². The van der Waals surface area contributed by atoms with Crippen LogP contribution in [0.15, 0.2) is 35.3 Å². The Hall–Kier alpha value is -2.38. The fraction of sp³-hybridized carbons (Fsp3) is 0.312. The maximum absolute atomic E-state index is 12.1. The maximum Gasteiger partial charge on any atom is 0.285 e. The van der Waals surface area contributed by atoms with Crippen LogP contribution in [-0.2, 0) is 16.1 Å². The standard InChI is InChI=1S/C16H17ClN4O3/c17-14-12(9-19-21-16(14)23)18-8-10-3-1-4-11(7-10)20-15(22)13-5-2-6-24-13/h1,3-4,7,9,13H,2,5-6,8H2,(H,20,22)(H2,18,21,23). The van der Waals surface area contributed by atoms with Crippen LogP contribution in [0.5, 0.6) is 0 Å². The van der Waals surface area contributed by atoms with Crippen LogP contribution in [0.2, 0.25) is 5.02 Å². The van der Waals surface area contributed by atoms with E-state index >= 15 is 0 Å². The number of amides is 1. The van der Waals surface area contributed by atoms with Crippen molar-refractivity contribution in [2.75, 3.05) is 17.2 Å². The molecule has 1 saturated heterocycles. The average molecular weight is 349 g/mol. The third kappa shape index (κ3) is 3.93. The zero-order chi connectivity index (χ0) is 16.9. The van der Waals surface area contributed by atoms with Crippen molar-refractivity contribution in [3.05, 3.63) is 51.4 Å². The van der Waals surface area contributed by atoms with Gasteiger partial charge in [-0.25, -0.2) is 5.10 Å². The minimum absolute atomic E-state index is 0.0628. The Morgan fingerprint density at radius 1 is 1.46 bits per heavy atom. The number of benzene rings is 1. The first-order valence-electron chi connectivity index (χ1n) is 7.62. The third-order valence-electron chi connectivity index (χ3n) is 3.70. The molecule has 2 heterocycles. The van der Waals surface area contributed by atoms with Crippen LogP contribution in [0.3, 0.4) is 0 Å². The summed E-state index contributed by atoms with van der Waals surface area (Å²) < 4.78 is 5.37. The number of aromatic nitrogens is 2. The number of H-pyrrole nitrogens is 1. The minimum atomic E-state index is -0.445. The molecule has 8 heteroatoms. The minimum Gasteiger partial charge on any atom is -0.378 e. The van der Waals surface area contributed by atoms with Gasteiger partial charge in [-0.05, 0) is 30.5 Å². The highest BCUT2D eigenvalue weighted by Gasteiger charge is 2.23. The lowest BCUT2D eigenvalue weighted by Gasteiger charge is -2.12. The van der Waals surface area contributed by atoms with Gasteiger partial charge in [0.05, 0.1) is 11.9 Å². The summed E-state index contributed by atoms with van der Waals surface area (Å²) in [6, 6.07) is 7.43. The van der Waals surface area contributed by atoms with E-state index in [1.165, 1.54) is 6.20 Å². The Labute approximate surface area is 143 Å². The van der Waals surface area contributed by atoms with E-state index in [-0.39, 0.29) is 17.0 Å². The molecule has 1 amide bonds. The van der Waals surface area contributed by atoms with E-state index in [0.717, 1.165) is 18.4 Å². The van der Waals surface area contributed by atoms with Gasteiger partial charge >= 0.3 is 0 Å². The van der Waals surface area contributed by atoms with Crippen LogP contribution >= 0.6 is 11.6 Å². The molecule has 2 aromatic rings. The topological polar surface area (TPSA) is 96.1 Å². The molecule has 1 unspecified atom stereocenters. The number of carbonyl (C=O) groups is 1. The number of carbonyl (C=O) groups excluding carboxylic acids is 1. The predicted octanol–water partition coefficient (Wildman–Crippen LogP) is 2.15. The number of aromatic amines is 1. The molecule has 126 valence electrons. The average Bonchev–Trinajstić information content (AvgIpc) is 3.11. The second-order valence-corrected chi connectivity index (χ2v) is 5.85. The van der Waals surface area contributed by atoms with Crippen molar-refractivity contribution in [3.8, 4) is 0 Å². The summed E-state index contributed by atoms with van der Waals surface area (Å²) in [5.74, 6) is -0.126. The van der Waals surface area contributed by atoms with Crippen LogP contribution in [-0.4, -0.2) is 28.8 Å². The molecule has 3 N–H and O–H groups in total. The number of nitrogens with one attached hydrogen (secondary N) is 3. The Morgan fingerprint density at radius 2 is 2.33 bits per heavy atom. The van der Waals surface area contributed by atoms with E-state index in [1.54, 1.807) is 0 Å². The summed E-state index contributed by atoms with van der Waals surface area (Å²) in [5.41, 5.74) is 1.63. The van der Waals surface area contributed by atoms with Crippen molar-refractivity contribution in [3.63, 3.8) is 0 Å². The quantitative estimate of drug-likeness (QED) is 0.769. The number of anilines is 2. The van der Waals surface area contributed by atoms with Gasteiger partial charge < -0.3 is 15.4 Å². The predicted molar refractivity (Wildman–Crippen MR) is 91.2 cm³/mol. The van der Waals surface area contributed by atoms with Crippen molar-refractivity contribution in [1.29, 1.82) is 0 Å². The molecular formula is C16H17ClN4O3. The molecular weight excluding hydrogens is 332 g/mol. The monoisotopic (exact) mass is 348 g/mol. The molecule has 1 aliphatic heterocycles. The highest BCUT2D eigenvalue weighted by atomic mass is 35.5. The molecule has 1 aromatic carbocycles. The zero-order valence-corrected chi connectivity index (χ0v) is 13.6. The Kier molecular flexibility index (Phi) is 5.12. The maximum atomic E-state index is 12.1. The van der Waals surface area contributed by atoms with E-state index < -0.39 is 5.56 Å². The first-order valence-corrected chi connectivity index (χ1v) is 8.00. The first kappa shape index (κ1) is 16.5. The first-order chi connectivity index (χ1) is 11.6. The lowest BCUT2D eigenvalue weighted by molar-refractivity contribution is -0.124. The Morgan fingerprint density at radius 3 is 3.12 bits per heavy atom. The summed E-state index contributed by atoms with van der Waals surface area (Å²) in [6.07, 6.45) is 2.74. The number of nitrogens with zero attached hydrogens (tertiary/aromatic N) is 1. The lowest BCUT2D eigenvalue weighted by atomic mass is 10.2. The van der Waals surface area contributed by atoms with Gasteiger partial charge in [0.2, 0.25) is 0 Å². The van der Waals surface area contributed by atoms with E-state index in [1.807, 2.05) is 24.3 Å². The molecule has 24 heavy (non-hydrogen) atoms. The molecule has 0 aliphatic carbocycles.